The molecule has 0 aliphatic carbocycles. The second-order valence-corrected chi connectivity index (χ2v) is 7.68. The summed E-state index contributed by atoms with van der Waals surface area (Å²) in [6, 6.07) is 17.5. The van der Waals surface area contributed by atoms with Crippen LogP contribution in [0, 0.1) is 0 Å². The van der Waals surface area contributed by atoms with E-state index < -0.39 is 36.5 Å². The SMILES string of the molecule is O=C(CNC(=O)OCc1ccccc1)NCC(=O)NC(CSCc1ccccc1)C(=O)O. The maximum absolute atomic E-state index is 12.0. The summed E-state index contributed by atoms with van der Waals surface area (Å²) in [7, 11) is 0. The number of carboxylic acids is 1. The highest BCUT2D eigenvalue weighted by Gasteiger charge is 2.20. The van der Waals surface area contributed by atoms with Crippen LogP contribution in [0.1, 0.15) is 11.1 Å². The molecule has 1 unspecified atom stereocenters. The van der Waals surface area contributed by atoms with Crippen LogP contribution in [0.3, 0.4) is 0 Å². The van der Waals surface area contributed by atoms with E-state index in [1.165, 1.54) is 11.8 Å². The van der Waals surface area contributed by atoms with E-state index in [2.05, 4.69) is 16.0 Å². The van der Waals surface area contributed by atoms with Crippen molar-refractivity contribution in [2.75, 3.05) is 18.8 Å². The van der Waals surface area contributed by atoms with Crippen LogP contribution < -0.4 is 16.0 Å². The van der Waals surface area contributed by atoms with Gasteiger partial charge in [0, 0.05) is 11.5 Å². The predicted molar refractivity (Wildman–Crippen MR) is 120 cm³/mol. The molecular formula is C22H25N3O6S. The monoisotopic (exact) mass is 459 g/mol. The fraction of sp³-hybridized carbons (Fsp3) is 0.273. The summed E-state index contributed by atoms with van der Waals surface area (Å²) in [6.07, 6.45) is -0.769. The summed E-state index contributed by atoms with van der Waals surface area (Å²) >= 11 is 1.38. The highest BCUT2D eigenvalue weighted by atomic mass is 32.2. The molecule has 32 heavy (non-hydrogen) atoms. The molecule has 3 amide bonds. The predicted octanol–water partition coefficient (Wildman–Crippen LogP) is 1.53. The van der Waals surface area contributed by atoms with Gasteiger partial charge in [-0.2, -0.15) is 11.8 Å². The molecule has 2 rings (SSSR count). The summed E-state index contributed by atoms with van der Waals surface area (Å²) in [4.78, 5) is 46.8. The van der Waals surface area contributed by atoms with Crippen molar-refractivity contribution in [3.05, 3.63) is 71.8 Å². The number of thioether (sulfide) groups is 1. The van der Waals surface area contributed by atoms with Gasteiger partial charge in [0.25, 0.3) is 0 Å². The first-order valence-electron chi connectivity index (χ1n) is 9.79. The number of hydrogen-bond donors (Lipinski definition) is 4. The topological polar surface area (TPSA) is 134 Å². The molecule has 0 saturated carbocycles. The van der Waals surface area contributed by atoms with Crippen LogP contribution in [-0.4, -0.2) is 53.9 Å². The van der Waals surface area contributed by atoms with E-state index in [1.54, 1.807) is 12.1 Å². The zero-order chi connectivity index (χ0) is 23.2. The highest BCUT2D eigenvalue weighted by Crippen LogP contribution is 2.13. The fourth-order valence-electron chi connectivity index (χ4n) is 2.46. The number of hydrogen-bond acceptors (Lipinski definition) is 6. The molecule has 2 aromatic carbocycles. The molecule has 0 heterocycles. The fourth-order valence-corrected chi connectivity index (χ4v) is 3.46. The van der Waals surface area contributed by atoms with Gasteiger partial charge in [0.15, 0.2) is 0 Å². The smallest absolute Gasteiger partial charge is 0.407 e. The molecule has 2 aromatic rings. The molecule has 4 N–H and O–H groups in total. The van der Waals surface area contributed by atoms with Gasteiger partial charge in [-0.3, -0.25) is 9.59 Å². The number of ether oxygens (including phenoxy) is 1. The molecule has 9 nitrogen and oxygen atoms in total. The van der Waals surface area contributed by atoms with E-state index in [0.717, 1.165) is 11.1 Å². The number of rotatable bonds is 12. The molecule has 0 aliphatic rings. The molecular weight excluding hydrogens is 434 g/mol. The van der Waals surface area contributed by atoms with Gasteiger partial charge in [0.2, 0.25) is 11.8 Å². The number of amides is 3. The highest BCUT2D eigenvalue weighted by molar-refractivity contribution is 7.98. The molecule has 0 radical (unpaired) electrons. The molecule has 0 aliphatic heterocycles. The summed E-state index contributed by atoms with van der Waals surface area (Å²) in [5.41, 5.74) is 1.86. The Morgan fingerprint density at radius 2 is 1.44 bits per heavy atom. The van der Waals surface area contributed by atoms with E-state index in [-0.39, 0.29) is 18.9 Å². The second-order valence-electron chi connectivity index (χ2n) is 6.65. The van der Waals surface area contributed by atoms with Gasteiger partial charge in [-0.1, -0.05) is 60.7 Å². The Morgan fingerprint density at radius 3 is 2.06 bits per heavy atom. The average molecular weight is 460 g/mol. The third kappa shape index (κ3) is 9.98. The van der Waals surface area contributed by atoms with E-state index in [0.29, 0.717) is 5.75 Å². The van der Waals surface area contributed by atoms with Gasteiger partial charge in [-0.15, -0.1) is 0 Å². The van der Waals surface area contributed by atoms with Gasteiger partial charge >= 0.3 is 12.1 Å². The number of benzene rings is 2. The Morgan fingerprint density at radius 1 is 0.844 bits per heavy atom. The lowest BCUT2D eigenvalue weighted by molar-refractivity contribution is -0.141. The summed E-state index contributed by atoms with van der Waals surface area (Å²) in [5, 5.41) is 16.3. The van der Waals surface area contributed by atoms with Crippen LogP contribution in [0.5, 0.6) is 0 Å². The Kier molecular flexibility index (Phi) is 10.6. The Hall–Kier alpha value is -3.53. The van der Waals surface area contributed by atoms with Gasteiger partial charge in [-0.05, 0) is 11.1 Å². The van der Waals surface area contributed by atoms with Crippen LogP contribution in [0.25, 0.3) is 0 Å². The Labute approximate surface area is 189 Å². The Balaban J connectivity index is 1.62. The standard InChI is InChI=1S/C22H25N3O6S/c26-19(11-24-22(30)31-13-16-7-3-1-4-8-16)23-12-20(27)25-18(21(28)29)15-32-14-17-9-5-2-6-10-17/h1-10,18H,11-15H2,(H,23,26)(H,24,30)(H,25,27)(H,28,29). The molecule has 0 aromatic heterocycles. The number of carbonyl (C=O) groups is 4. The molecule has 0 bridgehead atoms. The van der Waals surface area contributed by atoms with Crippen molar-refractivity contribution >= 4 is 35.6 Å². The average Bonchev–Trinajstić information content (AvgIpc) is 2.80. The summed E-state index contributed by atoms with van der Waals surface area (Å²) in [5.74, 6) is -1.62. The number of carboxylic acid groups (broad SMARTS) is 1. The first-order chi connectivity index (χ1) is 15.4. The quantitative estimate of drug-likeness (QED) is 0.378. The van der Waals surface area contributed by atoms with Crippen LogP contribution in [-0.2, 0) is 31.5 Å². The summed E-state index contributed by atoms with van der Waals surface area (Å²) in [6.45, 7) is -0.724. The first kappa shape index (κ1) is 24.7. The van der Waals surface area contributed by atoms with Crippen LogP contribution >= 0.6 is 11.8 Å². The van der Waals surface area contributed by atoms with E-state index in [9.17, 15) is 24.3 Å². The normalized spacial score (nSPS) is 11.1. The minimum Gasteiger partial charge on any atom is -0.480 e. The lowest BCUT2D eigenvalue weighted by Gasteiger charge is -2.14. The molecule has 0 saturated heterocycles. The van der Waals surface area contributed by atoms with Crippen molar-refractivity contribution in [2.24, 2.45) is 0 Å². The van der Waals surface area contributed by atoms with Crippen LogP contribution in [0.2, 0.25) is 0 Å². The van der Waals surface area contributed by atoms with E-state index in [1.807, 2.05) is 48.5 Å². The van der Waals surface area contributed by atoms with Crippen molar-refractivity contribution in [2.45, 2.75) is 18.4 Å². The van der Waals surface area contributed by atoms with Gasteiger partial charge in [0.05, 0.1) is 6.54 Å². The van der Waals surface area contributed by atoms with Crippen LogP contribution in [0.4, 0.5) is 4.79 Å². The number of nitrogens with one attached hydrogen (secondary N) is 3. The third-order valence-corrected chi connectivity index (χ3v) is 5.19. The largest absolute Gasteiger partial charge is 0.480 e. The number of aliphatic carboxylic acids is 1. The lowest BCUT2D eigenvalue weighted by Crippen LogP contribution is -2.48. The molecule has 10 heteroatoms. The molecule has 1 atom stereocenters. The maximum Gasteiger partial charge on any atom is 0.407 e. The minimum atomic E-state index is -1.16. The zero-order valence-electron chi connectivity index (χ0n) is 17.3. The summed E-state index contributed by atoms with van der Waals surface area (Å²) < 4.78 is 4.98. The lowest BCUT2D eigenvalue weighted by atomic mass is 10.2. The Bertz CT molecular complexity index is 895. The van der Waals surface area contributed by atoms with Crippen molar-refractivity contribution in [3.63, 3.8) is 0 Å². The maximum atomic E-state index is 12.0. The van der Waals surface area contributed by atoms with E-state index >= 15 is 0 Å². The van der Waals surface area contributed by atoms with Gasteiger partial charge in [-0.25, -0.2) is 9.59 Å². The van der Waals surface area contributed by atoms with Crippen LogP contribution in [0.15, 0.2) is 60.7 Å². The van der Waals surface area contributed by atoms with Crippen molar-refractivity contribution in [3.8, 4) is 0 Å². The molecule has 0 fully saturated rings. The third-order valence-electron chi connectivity index (χ3n) is 4.08. The van der Waals surface area contributed by atoms with Crippen molar-refractivity contribution < 1.29 is 29.0 Å². The van der Waals surface area contributed by atoms with Gasteiger partial charge in [0.1, 0.15) is 19.2 Å². The first-order valence-corrected chi connectivity index (χ1v) is 10.9. The second kappa shape index (κ2) is 13.7. The molecule has 0 spiro atoms. The minimum absolute atomic E-state index is 0.0650. The zero-order valence-corrected chi connectivity index (χ0v) is 18.1. The number of alkyl carbamates (subject to hydrolysis) is 1. The van der Waals surface area contributed by atoms with E-state index in [4.69, 9.17) is 4.74 Å². The van der Waals surface area contributed by atoms with Crippen molar-refractivity contribution in [1.82, 2.24) is 16.0 Å². The van der Waals surface area contributed by atoms with Crippen molar-refractivity contribution in [1.29, 1.82) is 0 Å². The molecule has 170 valence electrons. The van der Waals surface area contributed by atoms with Gasteiger partial charge < -0.3 is 25.8 Å². The number of carbonyl (C=O) groups excluding carboxylic acids is 3.